The van der Waals surface area contributed by atoms with Crippen molar-refractivity contribution in [2.24, 2.45) is 5.92 Å². The normalized spacial score (nSPS) is 19.0. The minimum absolute atomic E-state index is 0.208. The number of hydrogen-bond donors (Lipinski definition) is 1. The van der Waals surface area contributed by atoms with Gasteiger partial charge >= 0.3 is 0 Å². The standard InChI is InChI=1S/C20H24N2O4/c1-26-11-5-10-22-19(24)16-9-8-15(12-17(16)20(22)25)18(23)21-13-14-6-3-2-4-7-14/h2-3,8-9,12,14H,4-7,10-11,13H2,1H3,(H,21,23). The Labute approximate surface area is 153 Å². The third-order valence-corrected chi connectivity index (χ3v) is 4.89. The monoisotopic (exact) mass is 356 g/mol. The number of carbonyl (C=O) groups is 3. The van der Waals surface area contributed by atoms with Gasteiger partial charge in [0.2, 0.25) is 0 Å². The average Bonchev–Trinajstić information content (AvgIpc) is 2.91. The second-order valence-electron chi connectivity index (χ2n) is 6.73. The third-order valence-electron chi connectivity index (χ3n) is 4.89. The fourth-order valence-corrected chi connectivity index (χ4v) is 3.38. The first-order chi connectivity index (χ1) is 12.6. The number of allylic oxidation sites excluding steroid dienone is 2. The number of rotatable bonds is 7. The van der Waals surface area contributed by atoms with Crippen LogP contribution >= 0.6 is 0 Å². The van der Waals surface area contributed by atoms with E-state index in [1.54, 1.807) is 19.2 Å². The van der Waals surface area contributed by atoms with E-state index < -0.39 is 0 Å². The Kier molecular flexibility index (Phi) is 5.83. The minimum Gasteiger partial charge on any atom is -0.385 e. The van der Waals surface area contributed by atoms with Gasteiger partial charge in [-0.2, -0.15) is 0 Å². The van der Waals surface area contributed by atoms with Crippen LogP contribution in [0, 0.1) is 5.92 Å². The van der Waals surface area contributed by atoms with Crippen molar-refractivity contribution in [3.8, 4) is 0 Å². The molecule has 3 amide bonds. The number of fused-ring (bicyclic) bond motifs is 1. The lowest BCUT2D eigenvalue weighted by Crippen LogP contribution is -2.31. The number of imide groups is 1. The van der Waals surface area contributed by atoms with Gasteiger partial charge in [0.05, 0.1) is 11.1 Å². The first-order valence-electron chi connectivity index (χ1n) is 9.04. The van der Waals surface area contributed by atoms with Crippen LogP contribution in [0.4, 0.5) is 0 Å². The molecule has 3 rings (SSSR count). The van der Waals surface area contributed by atoms with Crippen molar-refractivity contribution in [2.45, 2.75) is 25.7 Å². The summed E-state index contributed by atoms with van der Waals surface area (Å²) in [6.07, 6.45) is 8.01. The van der Waals surface area contributed by atoms with Crippen molar-refractivity contribution < 1.29 is 19.1 Å². The van der Waals surface area contributed by atoms with Crippen LogP contribution in [0.15, 0.2) is 30.4 Å². The van der Waals surface area contributed by atoms with Crippen LogP contribution in [0.1, 0.15) is 56.8 Å². The van der Waals surface area contributed by atoms with Crippen LogP contribution in [0.5, 0.6) is 0 Å². The van der Waals surface area contributed by atoms with E-state index in [2.05, 4.69) is 17.5 Å². The van der Waals surface area contributed by atoms with Crippen molar-refractivity contribution in [2.75, 3.05) is 26.8 Å². The van der Waals surface area contributed by atoms with E-state index in [9.17, 15) is 14.4 Å². The molecule has 0 fully saturated rings. The van der Waals surface area contributed by atoms with Crippen molar-refractivity contribution in [3.05, 3.63) is 47.0 Å². The van der Waals surface area contributed by atoms with E-state index >= 15 is 0 Å². The Balaban J connectivity index is 1.65. The molecule has 1 atom stereocenters. The van der Waals surface area contributed by atoms with Crippen molar-refractivity contribution in [1.82, 2.24) is 10.2 Å². The molecule has 0 saturated carbocycles. The predicted molar refractivity (Wildman–Crippen MR) is 97.1 cm³/mol. The van der Waals surface area contributed by atoms with Gasteiger partial charge in [0.1, 0.15) is 0 Å². The molecular formula is C20H24N2O4. The summed E-state index contributed by atoms with van der Waals surface area (Å²) in [5.41, 5.74) is 1.08. The molecule has 1 aliphatic carbocycles. The fourth-order valence-electron chi connectivity index (χ4n) is 3.38. The highest BCUT2D eigenvalue weighted by Gasteiger charge is 2.35. The zero-order valence-electron chi connectivity index (χ0n) is 15.0. The van der Waals surface area contributed by atoms with Crippen LogP contribution < -0.4 is 5.32 Å². The molecule has 0 spiro atoms. The average molecular weight is 356 g/mol. The molecule has 1 aromatic carbocycles. The summed E-state index contributed by atoms with van der Waals surface area (Å²) in [6, 6.07) is 4.71. The van der Waals surface area contributed by atoms with Gasteiger partial charge < -0.3 is 10.1 Å². The molecule has 1 N–H and O–H groups in total. The second kappa shape index (κ2) is 8.27. The Morgan fingerprint density at radius 2 is 2.04 bits per heavy atom. The fraction of sp³-hybridized carbons (Fsp3) is 0.450. The molecule has 0 bridgehead atoms. The van der Waals surface area contributed by atoms with Crippen LogP contribution in [-0.2, 0) is 4.74 Å². The van der Waals surface area contributed by atoms with Gasteiger partial charge in [-0.15, -0.1) is 0 Å². The SMILES string of the molecule is COCCCN1C(=O)c2ccc(C(=O)NCC3CC=CCC3)cc2C1=O. The zero-order chi connectivity index (χ0) is 18.5. The number of methoxy groups -OCH3 is 1. The Hall–Kier alpha value is -2.47. The molecule has 2 aliphatic rings. The van der Waals surface area contributed by atoms with Gasteiger partial charge in [-0.05, 0) is 49.8 Å². The number of carbonyl (C=O) groups excluding carboxylic acids is 3. The Bertz CT molecular complexity index is 741. The number of nitrogens with one attached hydrogen (secondary N) is 1. The highest BCUT2D eigenvalue weighted by Crippen LogP contribution is 2.24. The lowest BCUT2D eigenvalue weighted by molar-refractivity contribution is 0.0638. The minimum atomic E-state index is -0.340. The van der Waals surface area contributed by atoms with Gasteiger partial charge in [-0.25, -0.2) is 0 Å². The van der Waals surface area contributed by atoms with E-state index in [0.717, 1.165) is 19.3 Å². The van der Waals surface area contributed by atoms with Crippen LogP contribution in [0.3, 0.4) is 0 Å². The Morgan fingerprint density at radius 1 is 1.23 bits per heavy atom. The van der Waals surface area contributed by atoms with Gasteiger partial charge in [0, 0.05) is 32.4 Å². The van der Waals surface area contributed by atoms with Crippen molar-refractivity contribution in [1.29, 1.82) is 0 Å². The summed E-state index contributed by atoms with van der Waals surface area (Å²) < 4.78 is 4.97. The third kappa shape index (κ3) is 3.85. The predicted octanol–water partition coefficient (Wildman–Crippen LogP) is 2.41. The summed E-state index contributed by atoms with van der Waals surface area (Å²) in [6.45, 7) is 1.42. The number of hydrogen-bond acceptors (Lipinski definition) is 4. The largest absolute Gasteiger partial charge is 0.385 e. The number of nitrogens with zero attached hydrogens (tertiary/aromatic N) is 1. The lowest BCUT2D eigenvalue weighted by Gasteiger charge is -2.18. The number of amides is 3. The molecule has 0 aromatic heterocycles. The molecule has 6 nitrogen and oxygen atoms in total. The number of benzene rings is 1. The van der Waals surface area contributed by atoms with E-state index in [4.69, 9.17) is 4.74 Å². The molecular weight excluding hydrogens is 332 g/mol. The van der Waals surface area contributed by atoms with Crippen LogP contribution in [0.2, 0.25) is 0 Å². The summed E-state index contributed by atoms with van der Waals surface area (Å²) in [5, 5.41) is 2.94. The molecule has 1 heterocycles. The first-order valence-corrected chi connectivity index (χ1v) is 9.04. The Morgan fingerprint density at radius 3 is 2.77 bits per heavy atom. The second-order valence-corrected chi connectivity index (χ2v) is 6.73. The maximum atomic E-state index is 12.5. The highest BCUT2D eigenvalue weighted by molar-refractivity contribution is 6.22. The quantitative estimate of drug-likeness (QED) is 0.462. The maximum Gasteiger partial charge on any atom is 0.261 e. The van der Waals surface area contributed by atoms with Gasteiger partial charge in [-0.1, -0.05) is 12.2 Å². The molecule has 1 aliphatic heterocycles. The van der Waals surface area contributed by atoms with E-state index in [0.29, 0.717) is 48.7 Å². The van der Waals surface area contributed by atoms with Gasteiger partial charge in [-0.3, -0.25) is 19.3 Å². The van der Waals surface area contributed by atoms with Crippen molar-refractivity contribution in [3.63, 3.8) is 0 Å². The van der Waals surface area contributed by atoms with Gasteiger partial charge in [0.25, 0.3) is 17.7 Å². The lowest BCUT2D eigenvalue weighted by atomic mass is 9.94. The molecule has 1 aromatic rings. The van der Waals surface area contributed by atoms with Gasteiger partial charge in [0.15, 0.2) is 0 Å². The van der Waals surface area contributed by atoms with Crippen LogP contribution in [-0.4, -0.2) is 49.4 Å². The smallest absolute Gasteiger partial charge is 0.261 e. The summed E-state index contributed by atoms with van der Waals surface area (Å²) in [4.78, 5) is 38.5. The molecule has 6 heteroatoms. The van der Waals surface area contributed by atoms with E-state index in [-0.39, 0.29) is 17.7 Å². The molecule has 1 unspecified atom stereocenters. The molecule has 138 valence electrons. The summed E-state index contributed by atoms with van der Waals surface area (Å²) in [5.74, 6) is -0.395. The first kappa shape index (κ1) is 18.3. The topological polar surface area (TPSA) is 75.7 Å². The van der Waals surface area contributed by atoms with Crippen LogP contribution in [0.25, 0.3) is 0 Å². The van der Waals surface area contributed by atoms with Crippen molar-refractivity contribution >= 4 is 17.7 Å². The summed E-state index contributed by atoms with van der Waals surface area (Å²) >= 11 is 0. The molecule has 0 saturated heterocycles. The number of ether oxygens (including phenoxy) is 1. The molecule has 0 radical (unpaired) electrons. The van der Waals surface area contributed by atoms with E-state index in [1.807, 2.05) is 0 Å². The highest BCUT2D eigenvalue weighted by atomic mass is 16.5. The summed E-state index contributed by atoms with van der Waals surface area (Å²) in [7, 11) is 1.58. The zero-order valence-corrected chi connectivity index (χ0v) is 15.0. The van der Waals surface area contributed by atoms with E-state index in [1.165, 1.54) is 11.0 Å². The maximum absolute atomic E-state index is 12.5. The molecule has 26 heavy (non-hydrogen) atoms.